The van der Waals surface area contributed by atoms with E-state index in [1.807, 2.05) is 51.2 Å². The Hall–Kier alpha value is -4.10. The van der Waals surface area contributed by atoms with Crippen LogP contribution < -0.4 is 0 Å². The Morgan fingerprint density at radius 1 is 0.873 bits per heavy atom. The van der Waals surface area contributed by atoms with E-state index in [4.69, 9.17) is 33.3 Å². The summed E-state index contributed by atoms with van der Waals surface area (Å²) in [5.41, 5.74) is 1.24. The van der Waals surface area contributed by atoms with E-state index in [0.29, 0.717) is 69.8 Å². The summed E-state index contributed by atoms with van der Waals surface area (Å²) >= 11 is 0. The molecule has 0 aromatic heterocycles. The van der Waals surface area contributed by atoms with Crippen molar-refractivity contribution >= 4 is 35.3 Å². The Morgan fingerprint density at radius 2 is 1.59 bits per heavy atom. The van der Waals surface area contributed by atoms with Gasteiger partial charge in [0.2, 0.25) is 5.79 Å². The number of fused-ring (bicyclic) bond motifs is 3. The molecule has 3 fully saturated rings. The normalized spacial score (nSPS) is 37.9. The highest BCUT2D eigenvalue weighted by Gasteiger charge is 2.53. The van der Waals surface area contributed by atoms with Crippen molar-refractivity contribution < 1.29 is 72.2 Å². The average molecular weight is 1000 g/mol. The van der Waals surface area contributed by atoms with Crippen molar-refractivity contribution in [1.82, 2.24) is 9.96 Å². The Labute approximate surface area is 421 Å². The maximum absolute atomic E-state index is 14.5. The monoisotopic (exact) mass is 1000 g/mol. The summed E-state index contributed by atoms with van der Waals surface area (Å²) in [7, 11) is 7.30. The molecule has 15 atom stereocenters. The van der Waals surface area contributed by atoms with Gasteiger partial charge in [-0.25, -0.2) is 9.59 Å². The van der Waals surface area contributed by atoms with Gasteiger partial charge >= 0.3 is 12.1 Å². The lowest BCUT2D eigenvalue weighted by Crippen LogP contribution is -2.61. The number of cyclic esters (lactones) is 1. The number of nitrogens with zero attached hydrogens (tertiary/aromatic N) is 2. The van der Waals surface area contributed by atoms with Gasteiger partial charge in [0.05, 0.1) is 25.4 Å². The predicted molar refractivity (Wildman–Crippen MR) is 264 cm³/mol. The minimum Gasteiger partial charge on any atom is -0.460 e. The number of amides is 2. The molecular weight excluding hydrogens is 917 g/mol. The molecule has 400 valence electrons. The molecule has 4 aliphatic rings. The number of Topliss-reactive ketones (excluding diaryl/α,β-unsaturated/α-hetero) is 3. The molecular formula is C54H84N2O15. The molecule has 3 heterocycles. The maximum atomic E-state index is 14.5. The SMILES string of the molecule is COC1C(=O)C(C)C[C@H](C)/C=C/C=C/C=C(\C)[C@@H](OC)C[C@@H]2CC[C@@H](C)[C@@](O)(O2)C(=O)C(=O)N2CCCCC2C(=O)O[C@H]([C@H](C)CC2CC[C@@H](OC(=O)N(C)OC)[C@H](OC)C2)CC(=O)[C@H](C)/C=C(\C)[C@H]1O. The van der Waals surface area contributed by atoms with E-state index in [1.54, 1.807) is 48.0 Å². The first kappa shape index (κ1) is 59.5. The molecule has 17 nitrogen and oxygen atoms in total. The summed E-state index contributed by atoms with van der Waals surface area (Å²) in [4.78, 5) is 89.8. The second kappa shape index (κ2) is 27.8. The molecule has 0 aromatic rings. The van der Waals surface area contributed by atoms with Crippen LogP contribution in [0.25, 0.3) is 0 Å². The number of methoxy groups -OCH3 is 3. The molecule has 2 bridgehead atoms. The number of rotatable bonds is 8. The first-order valence-corrected chi connectivity index (χ1v) is 25.6. The number of carbonyl (C=O) groups is 6. The van der Waals surface area contributed by atoms with Gasteiger partial charge in [-0.15, -0.1) is 0 Å². The minimum atomic E-state index is -2.45. The predicted octanol–water partition coefficient (Wildman–Crippen LogP) is 6.82. The molecule has 1 aliphatic carbocycles. The van der Waals surface area contributed by atoms with E-state index in [0.717, 1.165) is 10.6 Å². The second-order valence-electron chi connectivity index (χ2n) is 20.6. The summed E-state index contributed by atoms with van der Waals surface area (Å²) in [6.45, 7) is 12.6. The van der Waals surface area contributed by atoms with E-state index >= 15 is 0 Å². The molecule has 0 radical (unpaired) electrons. The van der Waals surface area contributed by atoms with Crippen LogP contribution in [0.2, 0.25) is 0 Å². The number of carbonyl (C=O) groups excluding carboxylic acids is 6. The van der Waals surface area contributed by atoms with E-state index in [9.17, 15) is 39.0 Å². The van der Waals surface area contributed by atoms with Crippen LogP contribution >= 0.6 is 0 Å². The zero-order valence-electron chi connectivity index (χ0n) is 44.3. The van der Waals surface area contributed by atoms with Crippen LogP contribution in [-0.2, 0) is 57.2 Å². The number of hydroxylamine groups is 2. The summed E-state index contributed by atoms with van der Waals surface area (Å²) in [5.74, 6) is -8.34. The topological polar surface area (TPSA) is 214 Å². The van der Waals surface area contributed by atoms with Crippen LogP contribution in [0.1, 0.15) is 126 Å². The van der Waals surface area contributed by atoms with Gasteiger partial charge in [-0.2, -0.15) is 5.06 Å². The standard InChI is InChI=1S/C54H84N2O15/c1-32-18-14-13-15-19-33(2)44(65-9)30-40-23-21-38(7)54(64,71-40)50(60)51(61)56-25-17-16-20-41(56)52(62)69-45(31-42(57)34(3)27-37(6)48(59)49(67-11)47(58)36(5)26-32)35(4)28-39-22-24-43(46(29-39)66-10)70-53(63)55(8)68-12/h13-15,18-19,27,32,34-36,38-41,43-46,48-49,59,64H,16-17,20-26,28-31H2,1-12H3/b15-13+,18-14+,33-19+,37-27+/t32-,34-,35-,36?,38-,39?,40+,41?,43-,44+,45+,46-,48-,49?,54-/m1/s1. The number of piperidine rings is 1. The molecule has 0 spiro atoms. The molecule has 4 rings (SSSR count). The summed E-state index contributed by atoms with van der Waals surface area (Å²) in [6.07, 6.45) is 9.88. The highest BCUT2D eigenvalue weighted by Crippen LogP contribution is 2.38. The number of ether oxygens (including phenoxy) is 6. The van der Waals surface area contributed by atoms with Gasteiger partial charge in [-0.05, 0) is 107 Å². The van der Waals surface area contributed by atoms with Gasteiger partial charge in [0, 0.05) is 65.5 Å². The number of aliphatic hydroxyl groups is 2. The number of ketones is 3. The lowest BCUT2D eigenvalue weighted by Gasteiger charge is -2.42. The van der Waals surface area contributed by atoms with E-state index < -0.39 is 102 Å². The first-order chi connectivity index (χ1) is 33.6. The van der Waals surface area contributed by atoms with Gasteiger partial charge in [-0.3, -0.25) is 24.0 Å². The molecule has 0 aromatic carbocycles. The largest absolute Gasteiger partial charge is 0.460 e. The number of aliphatic hydroxyl groups excluding tert-OH is 1. The fourth-order valence-electron chi connectivity index (χ4n) is 10.5. The Morgan fingerprint density at radius 3 is 2.25 bits per heavy atom. The van der Waals surface area contributed by atoms with Crippen LogP contribution in [0.5, 0.6) is 0 Å². The number of esters is 1. The molecule has 2 N–H and O–H groups in total. The third-order valence-corrected chi connectivity index (χ3v) is 15.2. The number of hydrogen-bond donors (Lipinski definition) is 2. The summed E-state index contributed by atoms with van der Waals surface area (Å²) < 4.78 is 35.4. The molecule has 4 unspecified atom stereocenters. The van der Waals surface area contributed by atoms with Crippen molar-refractivity contribution in [2.75, 3.05) is 42.0 Å². The van der Waals surface area contributed by atoms with Crippen molar-refractivity contribution in [2.24, 2.45) is 35.5 Å². The van der Waals surface area contributed by atoms with E-state index in [1.165, 1.54) is 26.2 Å². The molecule has 17 heteroatoms. The minimum absolute atomic E-state index is 0.00393. The highest BCUT2D eigenvalue weighted by molar-refractivity contribution is 6.39. The smallest absolute Gasteiger partial charge is 0.434 e. The Kier molecular flexibility index (Phi) is 23.3. The average Bonchev–Trinajstić information content (AvgIpc) is 3.35. The molecule has 3 aliphatic heterocycles. The van der Waals surface area contributed by atoms with Crippen molar-refractivity contribution in [3.8, 4) is 0 Å². The number of hydrogen-bond acceptors (Lipinski definition) is 15. The van der Waals surface area contributed by atoms with Crippen molar-refractivity contribution in [3.05, 3.63) is 47.6 Å². The van der Waals surface area contributed by atoms with Crippen LogP contribution in [0, 0.1) is 35.5 Å². The van der Waals surface area contributed by atoms with Crippen LogP contribution in [-0.4, -0.2) is 152 Å². The zero-order valence-corrected chi connectivity index (χ0v) is 44.3. The van der Waals surface area contributed by atoms with Crippen molar-refractivity contribution in [3.63, 3.8) is 0 Å². The third kappa shape index (κ3) is 15.9. The Bertz CT molecular complexity index is 1950. The molecule has 1 saturated carbocycles. The van der Waals surface area contributed by atoms with Gasteiger partial charge in [0.15, 0.2) is 5.78 Å². The lowest BCUT2D eigenvalue weighted by molar-refractivity contribution is -0.265. The summed E-state index contributed by atoms with van der Waals surface area (Å²) in [6, 6.07) is -1.18. The quantitative estimate of drug-likeness (QED) is 0.111. The molecule has 2 amide bonds. The fraction of sp³-hybridized carbons (Fsp3) is 0.741. The van der Waals surface area contributed by atoms with Gasteiger partial charge in [0.25, 0.3) is 11.7 Å². The van der Waals surface area contributed by atoms with Gasteiger partial charge in [-0.1, -0.05) is 71.1 Å². The second-order valence-corrected chi connectivity index (χ2v) is 20.6. The van der Waals surface area contributed by atoms with E-state index in [-0.39, 0.29) is 42.8 Å². The maximum Gasteiger partial charge on any atom is 0.434 e. The van der Waals surface area contributed by atoms with Crippen LogP contribution in [0.4, 0.5) is 4.79 Å². The van der Waals surface area contributed by atoms with Crippen LogP contribution in [0.3, 0.4) is 0 Å². The highest BCUT2D eigenvalue weighted by atomic mass is 16.7. The zero-order chi connectivity index (χ0) is 52.7. The lowest BCUT2D eigenvalue weighted by atomic mass is 9.78. The van der Waals surface area contributed by atoms with E-state index in [2.05, 4.69) is 0 Å². The van der Waals surface area contributed by atoms with Gasteiger partial charge < -0.3 is 43.5 Å². The van der Waals surface area contributed by atoms with Crippen LogP contribution in [0.15, 0.2) is 47.6 Å². The van der Waals surface area contributed by atoms with Crippen molar-refractivity contribution in [2.45, 2.75) is 180 Å². The third-order valence-electron chi connectivity index (χ3n) is 15.2. The fourth-order valence-corrected chi connectivity index (χ4v) is 10.5. The van der Waals surface area contributed by atoms with Gasteiger partial charge in [0.1, 0.15) is 36.2 Å². The van der Waals surface area contributed by atoms with Crippen molar-refractivity contribution in [1.29, 1.82) is 0 Å². The number of allylic oxidation sites excluding steroid dienone is 6. The summed E-state index contributed by atoms with van der Waals surface area (Å²) in [5, 5.41) is 24.5. The molecule has 71 heavy (non-hydrogen) atoms. The Balaban J connectivity index is 1.69. The molecule has 2 saturated heterocycles. The first-order valence-electron chi connectivity index (χ1n) is 25.6.